The molecule has 3 rings (SSSR count). The lowest BCUT2D eigenvalue weighted by Crippen LogP contribution is -1.84. The number of hydrogen-bond acceptors (Lipinski definition) is 3. The average Bonchev–Trinajstić information content (AvgIpc) is 2.88. The lowest BCUT2D eigenvalue weighted by atomic mass is 10.2. The molecule has 0 aliphatic carbocycles. The van der Waals surface area contributed by atoms with Crippen LogP contribution in [-0.4, -0.2) is 22.4 Å². The van der Waals surface area contributed by atoms with Crippen molar-refractivity contribution in [3.05, 3.63) is 63.9 Å². The lowest BCUT2D eigenvalue weighted by Gasteiger charge is -1.96. The van der Waals surface area contributed by atoms with Crippen LogP contribution in [0.3, 0.4) is 0 Å². The van der Waals surface area contributed by atoms with Gasteiger partial charge in [-0.2, -0.15) is 10.2 Å². The van der Waals surface area contributed by atoms with E-state index >= 15 is 0 Å². The third-order valence-electron chi connectivity index (χ3n) is 2.81. The van der Waals surface area contributed by atoms with E-state index in [2.05, 4.69) is 20.2 Å². The third kappa shape index (κ3) is 3.29. The minimum Gasteiger partial charge on any atom is -0.337 e. The first-order valence-electron chi connectivity index (χ1n) is 6.18. The molecule has 0 saturated heterocycles. The van der Waals surface area contributed by atoms with E-state index in [1.807, 2.05) is 24.3 Å². The molecule has 1 N–H and O–H groups in total. The summed E-state index contributed by atoms with van der Waals surface area (Å²) in [5.74, 6) is 0.649. The zero-order valence-corrected chi connectivity index (χ0v) is 12.3. The molecule has 0 spiro atoms. The molecule has 2 aromatic carbocycles. The summed E-state index contributed by atoms with van der Waals surface area (Å²) in [5, 5.41) is 9.03. The van der Waals surface area contributed by atoms with E-state index in [1.54, 1.807) is 30.6 Å². The summed E-state index contributed by atoms with van der Waals surface area (Å²) in [7, 11) is 0. The molecule has 1 aromatic heterocycles. The Labute approximate surface area is 131 Å². The van der Waals surface area contributed by atoms with E-state index in [-0.39, 0.29) is 0 Å². The maximum absolute atomic E-state index is 6.03. The van der Waals surface area contributed by atoms with Gasteiger partial charge in [0, 0.05) is 10.6 Å². The van der Waals surface area contributed by atoms with Crippen molar-refractivity contribution in [3.8, 4) is 0 Å². The summed E-state index contributed by atoms with van der Waals surface area (Å²) < 4.78 is 0. The highest BCUT2D eigenvalue weighted by Crippen LogP contribution is 2.19. The predicted octanol–water partition coefficient (Wildman–Crippen LogP) is 4.32. The normalized spacial score (nSPS) is 11.9. The van der Waals surface area contributed by atoms with Gasteiger partial charge in [0.1, 0.15) is 0 Å². The first-order valence-corrected chi connectivity index (χ1v) is 6.94. The maximum Gasteiger partial charge on any atom is 0.151 e. The molecule has 0 amide bonds. The van der Waals surface area contributed by atoms with E-state index in [0.717, 1.165) is 16.6 Å². The van der Waals surface area contributed by atoms with Crippen molar-refractivity contribution in [2.75, 3.05) is 0 Å². The maximum atomic E-state index is 6.03. The van der Waals surface area contributed by atoms with Gasteiger partial charge in [-0.25, -0.2) is 4.98 Å². The van der Waals surface area contributed by atoms with Crippen LogP contribution in [0.25, 0.3) is 11.0 Å². The highest BCUT2D eigenvalue weighted by Gasteiger charge is 1.99. The van der Waals surface area contributed by atoms with Crippen molar-refractivity contribution >= 4 is 46.7 Å². The largest absolute Gasteiger partial charge is 0.337 e. The van der Waals surface area contributed by atoms with Crippen LogP contribution in [0.4, 0.5) is 0 Å². The Kier molecular flexibility index (Phi) is 3.99. The van der Waals surface area contributed by atoms with Crippen molar-refractivity contribution in [2.24, 2.45) is 10.2 Å². The predicted molar refractivity (Wildman–Crippen MR) is 87.7 cm³/mol. The highest BCUT2D eigenvalue weighted by molar-refractivity contribution is 6.36. The van der Waals surface area contributed by atoms with Gasteiger partial charge in [0.05, 0.1) is 28.5 Å². The van der Waals surface area contributed by atoms with Gasteiger partial charge in [-0.15, -0.1) is 0 Å². The van der Waals surface area contributed by atoms with Crippen molar-refractivity contribution < 1.29 is 0 Å². The summed E-state index contributed by atoms with van der Waals surface area (Å²) in [6.45, 7) is 0. The van der Waals surface area contributed by atoms with Gasteiger partial charge < -0.3 is 4.98 Å². The zero-order chi connectivity index (χ0) is 14.7. The smallest absolute Gasteiger partial charge is 0.151 e. The summed E-state index contributed by atoms with van der Waals surface area (Å²) in [5.41, 5.74) is 2.61. The van der Waals surface area contributed by atoms with E-state index in [1.165, 1.54) is 0 Å². The van der Waals surface area contributed by atoms with Crippen LogP contribution in [-0.2, 0) is 0 Å². The lowest BCUT2D eigenvalue weighted by molar-refractivity contribution is 1.23. The molecule has 0 radical (unpaired) electrons. The molecule has 1 heterocycles. The van der Waals surface area contributed by atoms with Crippen molar-refractivity contribution in [1.29, 1.82) is 0 Å². The number of para-hydroxylation sites is 2. The van der Waals surface area contributed by atoms with Crippen LogP contribution < -0.4 is 0 Å². The second-order valence-corrected chi connectivity index (χ2v) is 5.14. The van der Waals surface area contributed by atoms with Crippen LogP contribution in [0.15, 0.2) is 52.7 Å². The fourth-order valence-electron chi connectivity index (χ4n) is 1.82. The molecular formula is C15H10Cl2N4. The van der Waals surface area contributed by atoms with E-state index in [4.69, 9.17) is 23.2 Å². The molecule has 104 valence electrons. The van der Waals surface area contributed by atoms with Gasteiger partial charge in [0.15, 0.2) is 5.82 Å². The second kappa shape index (κ2) is 6.08. The number of aromatic amines is 1. The highest BCUT2D eigenvalue weighted by atomic mass is 35.5. The fourth-order valence-corrected chi connectivity index (χ4v) is 2.28. The van der Waals surface area contributed by atoms with Gasteiger partial charge >= 0.3 is 0 Å². The van der Waals surface area contributed by atoms with Crippen molar-refractivity contribution in [3.63, 3.8) is 0 Å². The minimum absolute atomic E-state index is 0.533. The molecule has 0 unspecified atom stereocenters. The van der Waals surface area contributed by atoms with Gasteiger partial charge in [0.2, 0.25) is 0 Å². The quantitative estimate of drug-likeness (QED) is 0.567. The third-order valence-corrected chi connectivity index (χ3v) is 3.38. The monoisotopic (exact) mass is 316 g/mol. The van der Waals surface area contributed by atoms with Crippen LogP contribution >= 0.6 is 23.2 Å². The number of nitrogens with one attached hydrogen (secondary N) is 1. The Bertz CT molecular complexity index is 804. The minimum atomic E-state index is 0.533. The molecular weight excluding hydrogens is 307 g/mol. The molecule has 0 fully saturated rings. The topological polar surface area (TPSA) is 53.4 Å². The van der Waals surface area contributed by atoms with Gasteiger partial charge in [-0.1, -0.05) is 41.4 Å². The van der Waals surface area contributed by atoms with Gasteiger partial charge in [0.25, 0.3) is 0 Å². The number of nitrogens with zero attached hydrogens (tertiary/aromatic N) is 3. The average molecular weight is 317 g/mol. The van der Waals surface area contributed by atoms with Crippen LogP contribution in [0.1, 0.15) is 11.4 Å². The summed E-state index contributed by atoms with van der Waals surface area (Å²) >= 11 is 11.9. The Balaban J connectivity index is 1.75. The number of aromatic nitrogens is 2. The number of halogens is 2. The molecule has 0 aliphatic rings. The Morgan fingerprint density at radius 2 is 1.81 bits per heavy atom. The number of rotatable bonds is 3. The SMILES string of the molecule is Clc1ccc(C=N/N=C/c2nc3ccccc3[nH]2)c(Cl)c1. The number of imidazole rings is 1. The molecule has 3 aromatic rings. The molecule has 21 heavy (non-hydrogen) atoms. The van der Waals surface area contributed by atoms with E-state index in [9.17, 15) is 0 Å². The number of H-pyrrole nitrogens is 1. The van der Waals surface area contributed by atoms with Gasteiger partial charge in [-0.05, 0) is 24.3 Å². The van der Waals surface area contributed by atoms with E-state index < -0.39 is 0 Å². The van der Waals surface area contributed by atoms with Crippen LogP contribution in [0.2, 0.25) is 10.0 Å². The van der Waals surface area contributed by atoms with Crippen molar-refractivity contribution in [2.45, 2.75) is 0 Å². The zero-order valence-electron chi connectivity index (χ0n) is 10.8. The summed E-state index contributed by atoms with van der Waals surface area (Å²) in [6.07, 6.45) is 3.12. The number of fused-ring (bicyclic) bond motifs is 1. The first-order chi connectivity index (χ1) is 10.2. The number of benzene rings is 2. The van der Waals surface area contributed by atoms with Crippen molar-refractivity contribution in [1.82, 2.24) is 9.97 Å². The Morgan fingerprint density at radius 1 is 1.00 bits per heavy atom. The number of hydrogen-bond donors (Lipinski definition) is 1. The fraction of sp³-hybridized carbons (Fsp3) is 0. The van der Waals surface area contributed by atoms with E-state index in [0.29, 0.717) is 15.9 Å². The standard InChI is InChI=1S/C15H10Cl2N4/c16-11-6-5-10(12(17)7-11)8-18-19-9-15-20-13-3-1-2-4-14(13)21-15/h1-9H,(H,20,21)/b18-8?,19-9+. The Hall–Kier alpha value is -2.17. The molecule has 0 bridgehead atoms. The second-order valence-electron chi connectivity index (χ2n) is 4.29. The molecule has 0 aliphatic heterocycles. The molecule has 0 atom stereocenters. The molecule has 4 nitrogen and oxygen atoms in total. The Morgan fingerprint density at radius 3 is 2.62 bits per heavy atom. The molecule has 0 saturated carbocycles. The van der Waals surface area contributed by atoms with Gasteiger partial charge in [-0.3, -0.25) is 0 Å². The summed E-state index contributed by atoms with van der Waals surface area (Å²) in [6, 6.07) is 13.0. The van der Waals surface area contributed by atoms with Crippen LogP contribution in [0.5, 0.6) is 0 Å². The first kappa shape index (κ1) is 13.8. The molecule has 6 heteroatoms. The summed E-state index contributed by atoms with van der Waals surface area (Å²) in [4.78, 5) is 7.50. The van der Waals surface area contributed by atoms with Crippen LogP contribution in [0, 0.1) is 0 Å².